The van der Waals surface area contributed by atoms with Crippen molar-refractivity contribution in [3.63, 3.8) is 0 Å². The summed E-state index contributed by atoms with van der Waals surface area (Å²) in [5.74, 6) is 1.35. The molecule has 2 rings (SSSR count). The second-order valence-electron chi connectivity index (χ2n) is 6.69. The molecule has 0 saturated heterocycles. The van der Waals surface area contributed by atoms with Crippen molar-refractivity contribution in [2.75, 3.05) is 6.61 Å². The van der Waals surface area contributed by atoms with Gasteiger partial charge in [0.25, 0.3) is 0 Å². The minimum Gasteiger partial charge on any atom is -0.377 e. The number of aryl methyl sites for hydroxylation is 1. The molecule has 1 saturated carbocycles. The lowest BCUT2D eigenvalue weighted by molar-refractivity contribution is -0.117. The third-order valence-corrected chi connectivity index (χ3v) is 4.54. The number of rotatable bonds is 9. The van der Waals surface area contributed by atoms with Gasteiger partial charge in [0.05, 0.1) is 12.5 Å². The molecule has 0 spiro atoms. The van der Waals surface area contributed by atoms with E-state index >= 15 is 0 Å². The van der Waals surface area contributed by atoms with Gasteiger partial charge in [-0.25, -0.2) is 9.67 Å². The van der Waals surface area contributed by atoms with Crippen LogP contribution in [0.1, 0.15) is 69.9 Å². The van der Waals surface area contributed by atoms with Crippen molar-refractivity contribution in [1.82, 2.24) is 14.8 Å². The molecule has 0 radical (unpaired) electrons. The molecule has 1 aromatic rings. The second kappa shape index (κ2) is 9.13. The first-order valence-electron chi connectivity index (χ1n) is 9.14. The van der Waals surface area contributed by atoms with E-state index in [0.29, 0.717) is 5.82 Å². The number of aromatic nitrogens is 3. The van der Waals surface area contributed by atoms with E-state index in [4.69, 9.17) is 16.2 Å². The Labute approximate surface area is 144 Å². The molecule has 1 amide bonds. The van der Waals surface area contributed by atoms with Gasteiger partial charge in [-0.3, -0.25) is 4.79 Å². The maximum atomic E-state index is 11.2. The molecule has 3 atom stereocenters. The zero-order valence-corrected chi connectivity index (χ0v) is 14.9. The predicted octanol–water partition coefficient (Wildman–Crippen LogP) is 1.50. The lowest BCUT2D eigenvalue weighted by atomic mass is 9.83. The van der Waals surface area contributed by atoms with Crippen molar-refractivity contribution >= 4 is 5.91 Å². The fourth-order valence-electron chi connectivity index (χ4n) is 3.26. The highest BCUT2D eigenvalue weighted by Gasteiger charge is 2.32. The normalized spacial score (nSPS) is 24.2. The van der Waals surface area contributed by atoms with E-state index in [1.54, 1.807) is 0 Å². The second-order valence-corrected chi connectivity index (χ2v) is 6.69. The number of carbonyl (C=O) groups is 1. The Kier molecular flexibility index (Phi) is 7.17. The van der Waals surface area contributed by atoms with Gasteiger partial charge in [-0.2, -0.15) is 5.10 Å². The lowest BCUT2D eigenvalue weighted by Gasteiger charge is -2.33. The first-order valence-corrected chi connectivity index (χ1v) is 9.14. The van der Waals surface area contributed by atoms with Crippen molar-refractivity contribution in [2.45, 2.75) is 83.4 Å². The van der Waals surface area contributed by atoms with Crippen LogP contribution in [-0.2, 0) is 22.5 Å². The number of hydrogen-bond acceptors (Lipinski definition) is 5. The topological polar surface area (TPSA) is 109 Å². The number of unbranched alkanes of at least 4 members (excludes halogenated alkanes) is 1. The van der Waals surface area contributed by atoms with Crippen LogP contribution in [0.25, 0.3) is 0 Å². The minimum atomic E-state index is -0.399. The van der Waals surface area contributed by atoms with Crippen LogP contribution in [-0.4, -0.2) is 39.4 Å². The molecule has 0 bridgehead atoms. The molecule has 1 aliphatic carbocycles. The molecule has 0 aliphatic heterocycles. The number of primary amides is 1. The molecule has 4 N–H and O–H groups in total. The Hall–Kier alpha value is -1.47. The third-order valence-electron chi connectivity index (χ3n) is 4.54. The van der Waals surface area contributed by atoms with Crippen LogP contribution in [0.15, 0.2) is 0 Å². The van der Waals surface area contributed by atoms with Crippen LogP contribution in [0.5, 0.6) is 0 Å². The van der Waals surface area contributed by atoms with Crippen LogP contribution in [0.4, 0.5) is 0 Å². The first kappa shape index (κ1) is 18.9. The largest absolute Gasteiger partial charge is 0.377 e. The van der Waals surface area contributed by atoms with E-state index in [-0.39, 0.29) is 24.5 Å². The predicted molar refractivity (Wildman–Crippen MR) is 92.4 cm³/mol. The van der Waals surface area contributed by atoms with Crippen LogP contribution in [0.3, 0.4) is 0 Å². The third kappa shape index (κ3) is 5.01. The van der Waals surface area contributed by atoms with Gasteiger partial charge < -0.3 is 16.2 Å². The lowest BCUT2D eigenvalue weighted by Crippen LogP contribution is -2.42. The van der Waals surface area contributed by atoms with Crippen LogP contribution in [0.2, 0.25) is 0 Å². The molecule has 7 nitrogen and oxygen atoms in total. The summed E-state index contributed by atoms with van der Waals surface area (Å²) >= 11 is 0. The average molecular weight is 337 g/mol. The summed E-state index contributed by atoms with van der Waals surface area (Å²) < 4.78 is 7.89. The fraction of sp³-hybridized carbons (Fsp3) is 0.824. The van der Waals surface area contributed by atoms with Gasteiger partial charge in [0.15, 0.2) is 5.82 Å². The number of carbonyl (C=O) groups excluding carboxylic acids is 1. The molecule has 1 heterocycles. The van der Waals surface area contributed by atoms with Crippen LogP contribution >= 0.6 is 0 Å². The number of ether oxygens (including phenoxy) is 1. The summed E-state index contributed by atoms with van der Waals surface area (Å²) in [6, 6.07) is 0.0879. The van der Waals surface area contributed by atoms with E-state index in [1.165, 1.54) is 0 Å². The van der Waals surface area contributed by atoms with Crippen molar-refractivity contribution < 1.29 is 9.53 Å². The van der Waals surface area contributed by atoms with Gasteiger partial charge >= 0.3 is 0 Å². The summed E-state index contributed by atoms with van der Waals surface area (Å²) in [7, 11) is 0. The Balaban J connectivity index is 2.15. The Morgan fingerprint density at radius 2 is 2.12 bits per heavy atom. The van der Waals surface area contributed by atoms with Gasteiger partial charge in [0, 0.05) is 25.1 Å². The van der Waals surface area contributed by atoms with E-state index in [1.807, 2.05) is 4.68 Å². The van der Waals surface area contributed by atoms with Crippen molar-refractivity contribution in [2.24, 2.45) is 11.5 Å². The maximum absolute atomic E-state index is 11.2. The SMILES string of the molecule is CCCCn1nc(CC(N)=O)nc1[C@H]1CC[C@@H](N)[C@H](OCCC)C1. The Morgan fingerprint density at radius 1 is 1.33 bits per heavy atom. The highest BCUT2D eigenvalue weighted by Crippen LogP contribution is 2.33. The van der Waals surface area contributed by atoms with E-state index in [0.717, 1.165) is 57.5 Å². The number of amides is 1. The van der Waals surface area contributed by atoms with Gasteiger partial charge in [-0.1, -0.05) is 20.3 Å². The quantitative estimate of drug-likeness (QED) is 0.709. The fourth-order valence-corrected chi connectivity index (χ4v) is 3.26. The van der Waals surface area contributed by atoms with Gasteiger partial charge in [0.2, 0.25) is 5.91 Å². The summed E-state index contributed by atoms with van der Waals surface area (Å²) in [6.45, 7) is 5.81. The molecule has 7 heteroatoms. The molecule has 24 heavy (non-hydrogen) atoms. The highest BCUT2D eigenvalue weighted by atomic mass is 16.5. The number of nitrogens with two attached hydrogens (primary N) is 2. The summed E-state index contributed by atoms with van der Waals surface area (Å²) in [5, 5.41) is 4.50. The highest BCUT2D eigenvalue weighted by molar-refractivity contribution is 5.75. The molecular weight excluding hydrogens is 306 g/mol. The molecule has 0 aromatic carbocycles. The van der Waals surface area contributed by atoms with Crippen molar-refractivity contribution in [1.29, 1.82) is 0 Å². The van der Waals surface area contributed by atoms with Gasteiger partial charge in [0.1, 0.15) is 5.82 Å². The van der Waals surface area contributed by atoms with Crippen LogP contribution in [0, 0.1) is 0 Å². The Bertz CT molecular complexity index is 531. The molecular formula is C17H31N5O2. The monoisotopic (exact) mass is 337 g/mol. The van der Waals surface area contributed by atoms with Crippen LogP contribution < -0.4 is 11.5 Å². The molecule has 1 fully saturated rings. The van der Waals surface area contributed by atoms with E-state index in [9.17, 15) is 4.79 Å². The van der Waals surface area contributed by atoms with Gasteiger partial charge in [-0.05, 0) is 32.1 Å². The molecule has 1 aromatic heterocycles. The zero-order chi connectivity index (χ0) is 17.5. The molecule has 1 aliphatic rings. The van der Waals surface area contributed by atoms with Gasteiger partial charge in [-0.15, -0.1) is 0 Å². The van der Waals surface area contributed by atoms with E-state index < -0.39 is 5.91 Å². The maximum Gasteiger partial charge on any atom is 0.225 e. The minimum absolute atomic E-state index is 0.0691. The Morgan fingerprint density at radius 3 is 2.79 bits per heavy atom. The summed E-state index contributed by atoms with van der Waals surface area (Å²) in [4.78, 5) is 15.8. The molecule has 0 unspecified atom stereocenters. The number of nitrogens with zero attached hydrogens (tertiary/aromatic N) is 3. The standard InChI is InChI=1S/C17H31N5O2/c1-3-5-8-22-17(20-16(21-22)11-15(19)23)12-6-7-13(18)14(10-12)24-9-4-2/h12-14H,3-11,18H2,1-2H3,(H2,19,23)/t12-,13+,14+/m0/s1. The zero-order valence-electron chi connectivity index (χ0n) is 14.9. The summed E-state index contributed by atoms with van der Waals surface area (Å²) in [5.41, 5.74) is 11.5. The smallest absolute Gasteiger partial charge is 0.225 e. The average Bonchev–Trinajstić information content (AvgIpc) is 2.94. The first-order chi connectivity index (χ1) is 11.5. The molecule has 136 valence electrons. The summed E-state index contributed by atoms with van der Waals surface area (Å²) in [6.07, 6.45) is 6.04. The van der Waals surface area contributed by atoms with E-state index in [2.05, 4.69) is 23.9 Å². The van der Waals surface area contributed by atoms with Crippen molar-refractivity contribution in [3.05, 3.63) is 11.6 Å². The van der Waals surface area contributed by atoms with Crippen molar-refractivity contribution in [3.8, 4) is 0 Å². The number of hydrogen-bond donors (Lipinski definition) is 2.